The first-order valence-electron chi connectivity index (χ1n) is 4.20. The van der Waals surface area contributed by atoms with Crippen LogP contribution in [0.15, 0.2) is 24.3 Å². The first kappa shape index (κ1) is 8.26. The summed E-state index contributed by atoms with van der Waals surface area (Å²) in [5.74, 6) is 0.230. The highest BCUT2D eigenvalue weighted by atomic mass is 16.3. The largest absolute Gasteiger partial charge is 0.377 e. The molecule has 0 saturated heterocycles. The Labute approximate surface area is 77.1 Å². The molecular formula is C10H12N2O. The van der Waals surface area contributed by atoms with Crippen LogP contribution in [-0.4, -0.2) is 18.0 Å². The zero-order chi connectivity index (χ0) is 9.64. The van der Waals surface area contributed by atoms with Gasteiger partial charge in [-0.3, -0.25) is 5.41 Å². The third-order valence-corrected chi connectivity index (χ3v) is 2.59. The van der Waals surface area contributed by atoms with Crippen molar-refractivity contribution < 1.29 is 5.11 Å². The quantitative estimate of drug-likeness (QED) is 0.626. The molecule has 0 saturated carbocycles. The summed E-state index contributed by atoms with van der Waals surface area (Å²) in [5.41, 5.74) is 0.589. The molecule has 0 amide bonds. The van der Waals surface area contributed by atoms with Gasteiger partial charge in [-0.05, 0) is 13.0 Å². The SMILES string of the molecule is CN1C(=N)[C@@](C)(O)c2ccccc21. The second-order valence-corrected chi connectivity index (χ2v) is 3.50. The predicted octanol–water partition coefficient (Wildman–Crippen LogP) is 1.32. The van der Waals surface area contributed by atoms with Gasteiger partial charge in [-0.2, -0.15) is 0 Å². The van der Waals surface area contributed by atoms with Gasteiger partial charge in [0.2, 0.25) is 0 Å². The number of rotatable bonds is 0. The maximum Gasteiger partial charge on any atom is 0.146 e. The molecule has 1 aliphatic rings. The average Bonchev–Trinajstić information content (AvgIpc) is 2.30. The molecular weight excluding hydrogens is 164 g/mol. The van der Waals surface area contributed by atoms with Crippen molar-refractivity contribution in [2.45, 2.75) is 12.5 Å². The first-order valence-corrected chi connectivity index (χ1v) is 4.20. The van der Waals surface area contributed by atoms with Gasteiger partial charge in [0.25, 0.3) is 0 Å². The van der Waals surface area contributed by atoms with Crippen LogP contribution < -0.4 is 4.90 Å². The van der Waals surface area contributed by atoms with E-state index in [0.29, 0.717) is 0 Å². The molecule has 3 nitrogen and oxygen atoms in total. The maximum atomic E-state index is 10.0. The normalized spacial score (nSPS) is 26.4. The van der Waals surface area contributed by atoms with Crippen LogP contribution in [-0.2, 0) is 5.60 Å². The van der Waals surface area contributed by atoms with Gasteiger partial charge in [0, 0.05) is 18.3 Å². The van der Waals surface area contributed by atoms with E-state index in [1.165, 1.54) is 0 Å². The van der Waals surface area contributed by atoms with Crippen molar-refractivity contribution in [1.29, 1.82) is 5.41 Å². The summed E-state index contributed by atoms with van der Waals surface area (Å²) in [6.45, 7) is 1.65. The smallest absolute Gasteiger partial charge is 0.146 e. The Morgan fingerprint density at radius 1 is 1.38 bits per heavy atom. The van der Waals surface area contributed by atoms with Gasteiger partial charge in [0.1, 0.15) is 11.4 Å². The minimum Gasteiger partial charge on any atom is -0.377 e. The Balaban J connectivity index is 2.68. The minimum atomic E-state index is -1.13. The molecule has 3 heteroatoms. The van der Waals surface area contributed by atoms with Gasteiger partial charge in [-0.15, -0.1) is 0 Å². The second kappa shape index (κ2) is 2.33. The van der Waals surface area contributed by atoms with Crippen LogP contribution in [0.3, 0.4) is 0 Å². The molecule has 0 radical (unpaired) electrons. The summed E-state index contributed by atoms with van der Waals surface area (Å²) in [6, 6.07) is 7.54. The summed E-state index contributed by atoms with van der Waals surface area (Å²) in [7, 11) is 1.79. The number of hydrogen-bond donors (Lipinski definition) is 2. The molecule has 1 aromatic rings. The van der Waals surface area contributed by atoms with Gasteiger partial charge in [-0.1, -0.05) is 18.2 Å². The molecule has 13 heavy (non-hydrogen) atoms. The van der Waals surface area contributed by atoms with Crippen molar-refractivity contribution in [3.63, 3.8) is 0 Å². The third kappa shape index (κ3) is 0.906. The molecule has 0 fully saturated rings. The van der Waals surface area contributed by atoms with Crippen LogP contribution >= 0.6 is 0 Å². The van der Waals surface area contributed by atoms with Crippen molar-refractivity contribution in [3.05, 3.63) is 29.8 Å². The number of amidine groups is 1. The molecule has 0 unspecified atom stereocenters. The van der Waals surface area contributed by atoms with Gasteiger partial charge in [-0.25, -0.2) is 0 Å². The minimum absolute atomic E-state index is 0.230. The molecule has 1 aromatic carbocycles. The maximum absolute atomic E-state index is 10.0. The van der Waals surface area contributed by atoms with Gasteiger partial charge >= 0.3 is 0 Å². The number of hydrogen-bond acceptors (Lipinski definition) is 2. The molecule has 1 aliphatic heterocycles. The Morgan fingerprint density at radius 2 is 2.00 bits per heavy atom. The average molecular weight is 176 g/mol. The van der Waals surface area contributed by atoms with Crippen LogP contribution in [0.2, 0.25) is 0 Å². The highest BCUT2D eigenvalue weighted by Crippen LogP contribution is 2.38. The van der Waals surface area contributed by atoms with Gasteiger partial charge < -0.3 is 10.0 Å². The lowest BCUT2D eigenvalue weighted by Crippen LogP contribution is -2.34. The van der Waals surface area contributed by atoms with Crippen LogP contribution in [0.5, 0.6) is 0 Å². The van der Waals surface area contributed by atoms with E-state index in [1.807, 2.05) is 24.3 Å². The fourth-order valence-corrected chi connectivity index (χ4v) is 1.75. The second-order valence-electron chi connectivity index (χ2n) is 3.50. The predicted molar refractivity (Wildman–Crippen MR) is 52.1 cm³/mol. The lowest BCUT2D eigenvalue weighted by atomic mass is 9.98. The van der Waals surface area contributed by atoms with Crippen molar-refractivity contribution >= 4 is 11.5 Å². The molecule has 68 valence electrons. The lowest BCUT2D eigenvalue weighted by molar-refractivity contribution is 0.136. The highest BCUT2D eigenvalue weighted by Gasteiger charge is 2.40. The zero-order valence-corrected chi connectivity index (χ0v) is 7.70. The Morgan fingerprint density at radius 3 is 2.62 bits per heavy atom. The van der Waals surface area contributed by atoms with Crippen LogP contribution in [0.1, 0.15) is 12.5 Å². The molecule has 0 aromatic heterocycles. The number of anilines is 1. The van der Waals surface area contributed by atoms with E-state index >= 15 is 0 Å². The van der Waals surface area contributed by atoms with E-state index in [1.54, 1.807) is 18.9 Å². The van der Waals surface area contributed by atoms with E-state index in [0.717, 1.165) is 11.3 Å². The lowest BCUT2D eigenvalue weighted by Gasteiger charge is -2.18. The molecule has 0 bridgehead atoms. The number of aliphatic hydroxyl groups is 1. The molecule has 2 rings (SSSR count). The Bertz CT molecular complexity index is 371. The fraction of sp³-hybridized carbons (Fsp3) is 0.300. The summed E-state index contributed by atoms with van der Waals surface area (Å²) in [6.07, 6.45) is 0. The van der Waals surface area contributed by atoms with E-state index in [-0.39, 0.29) is 5.84 Å². The number of fused-ring (bicyclic) bond motifs is 1. The topological polar surface area (TPSA) is 47.3 Å². The van der Waals surface area contributed by atoms with E-state index in [9.17, 15) is 5.11 Å². The number of nitrogens with one attached hydrogen (secondary N) is 1. The number of likely N-dealkylation sites (N-methyl/N-ethyl adjacent to an activating group) is 1. The summed E-state index contributed by atoms with van der Waals surface area (Å²) >= 11 is 0. The summed E-state index contributed by atoms with van der Waals surface area (Å²) in [5, 5.41) is 17.7. The van der Waals surface area contributed by atoms with Crippen molar-refractivity contribution in [2.75, 3.05) is 11.9 Å². The van der Waals surface area contributed by atoms with E-state index < -0.39 is 5.60 Å². The standard InChI is InChI=1S/C10H12N2O/c1-10(13)7-5-3-4-6-8(7)12(2)9(10)11/h3-6,11,13H,1-2H3/t10-/m0/s1. The molecule has 1 atom stereocenters. The summed E-state index contributed by atoms with van der Waals surface area (Å²) in [4.78, 5) is 1.70. The number of benzene rings is 1. The molecule has 1 heterocycles. The zero-order valence-electron chi connectivity index (χ0n) is 7.70. The first-order chi connectivity index (χ1) is 6.05. The molecule has 0 spiro atoms. The van der Waals surface area contributed by atoms with Crippen molar-refractivity contribution in [2.24, 2.45) is 0 Å². The number of para-hydroxylation sites is 1. The van der Waals surface area contributed by atoms with E-state index in [4.69, 9.17) is 5.41 Å². The van der Waals surface area contributed by atoms with Crippen LogP contribution in [0, 0.1) is 5.41 Å². The Kier molecular flexibility index (Phi) is 1.48. The fourth-order valence-electron chi connectivity index (χ4n) is 1.75. The number of nitrogens with zero attached hydrogens (tertiary/aromatic N) is 1. The Hall–Kier alpha value is -1.35. The highest BCUT2D eigenvalue weighted by molar-refractivity contribution is 6.07. The van der Waals surface area contributed by atoms with Crippen molar-refractivity contribution in [3.8, 4) is 0 Å². The van der Waals surface area contributed by atoms with Gasteiger partial charge in [0.15, 0.2) is 0 Å². The third-order valence-electron chi connectivity index (χ3n) is 2.59. The van der Waals surface area contributed by atoms with E-state index in [2.05, 4.69) is 0 Å². The van der Waals surface area contributed by atoms with Gasteiger partial charge in [0.05, 0.1) is 0 Å². The molecule has 0 aliphatic carbocycles. The monoisotopic (exact) mass is 176 g/mol. The molecule has 2 N–H and O–H groups in total. The summed E-state index contributed by atoms with van der Waals surface area (Å²) < 4.78 is 0. The van der Waals surface area contributed by atoms with Crippen LogP contribution in [0.4, 0.5) is 5.69 Å². The van der Waals surface area contributed by atoms with Crippen molar-refractivity contribution in [1.82, 2.24) is 0 Å². The van der Waals surface area contributed by atoms with Crippen LogP contribution in [0.25, 0.3) is 0 Å².